The maximum absolute atomic E-state index is 12.9. The first-order valence-electron chi connectivity index (χ1n) is 9.15. The summed E-state index contributed by atoms with van der Waals surface area (Å²) >= 11 is 0. The second-order valence-corrected chi connectivity index (χ2v) is 6.92. The van der Waals surface area contributed by atoms with Gasteiger partial charge in [-0.2, -0.15) is 0 Å². The Balaban J connectivity index is 1.59. The molecule has 0 aliphatic heterocycles. The van der Waals surface area contributed by atoms with Crippen molar-refractivity contribution in [3.63, 3.8) is 0 Å². The van der Waals surface area contributed by atoms with Crippen LogP contribution in [0.2, 0.25) is 0 Å². The number of hydrogen-bond acceptors (Lipinski definition) is 3. The second kappa shape index (κ2) is 6.46. The van der Waals surface area contributed by atoms with E-state index in [1.165, 1.54) is 0 Å². The highest BCUT2D eigenvalue weighted by Gasteiger charge is 2.14. The number of rotatable bonds is 3. The molecule has 5 rings (SSSR count). The molecule has 0 N–H and O–H groups in total. The topological polar surface area (TPSA) is 47.3 Å². The van der Waals surface area contributed by atoms with Crippen LogP contribution >= 0.6 is 0 Å². The Morgan fingerprint density at radius 2 is 1.39 bits per heavy atom. The summed E-state index contributed by atoms with van der Waals surface area (Å²) in [6, 6.07) is 26.9. The van der Waals surface area contributed by atoms with Crippen LogP contribution in [0.5, 0.6) is 0 Å². The average molecular weight is 364 g/mol. The number of carbonyl (C=O) groups is 1. The Morgan fingerprint density at radius 3 is 2.21 bits per heavy atom. The van der Waals surface area contributed by atoms with Gasteiger partial charge in [0.1, 0.15) is 5.58 Å². The molecule has 0 aliphatic carbocycles. The lowest BCUT2D eigenvalue weighted by Gasteiger charge is -2.07. The minimum Gasteiger partial charge on any atom is -0.422 e. The average Bonchev–Trinajstić information content (AvgIpc) is 2.72. The number of carbonyl (C=O) groups excluding carboxylic acids is 1. The SMILES string of the molecule is O=C(Cc1cc2cc3ccccc3cc2oc1=O)c1cccc2ccccc12. The molecule has 0 aliphatic rings. The maximum atomic E-state index is 12.9. The molecule has 0 fully saturated rings. The van der Waals surface area contributed by atoms with Gasteiger partial charge in [0.2, 0.25) is 0 Å². The Hall–Kier alpha value is -3.72. The predicted molar refractivity (Wildman–Crippen MR) is 112 cm³/mol. The molecular weight excluding hydrogens is 348 g/mol. The van der Waals surface area contributed by atoms with E-state index in [4.69, 9.17) is 4.42 Å². The van der Waals surface area contributed by atoms with Crippen LogP contribution in [-0.4, -0.2) is 5.78 Å². The second-order valence-electron chi connectivity index (χ2n) is 6.92. The number of hydrogen-bond donors (Lipinski definition) is 0. The smallest absolute Gasteiger partial charge is 0.339 e. The zero-order valence-corrected chi connectivity index (χ0v) is 15.0. The normalized spacial score (nSPS) is 11.3. The minimum absolute atomic E-state index is 0.0130. The van der Waals surface area contributed by atoms with Gasteiger partial charge in [-0.15, -0.1) is 0 Å². The Labute approximate surface area is 160 Å². The molecule has 0 spiro atoms. The molecule has 1 heterocycles. The van der Waals surface area contributed by atoms with Gasteiger partial charge in [0.05, 0.1) is 0 Å². The van der Waals surface area contributed by atoms with Gasteiger partial charge in [0, 0.05) is 22.9 Å². The van der Waals surface area contributed by atoms with Crippen molar-refractivity contribution < 1.29 is 9.21 Å². The van der Waals surface area contributed by atoms with Gasteiger partial charge < -0.3 is 4.42 Å². The lowest BCUT2D eigenvalue weighted by molar-refractivity contribution is 0.0993. The van der Waals surface area contributed by atoms with Crippen molar-refractivity contribution in [2.24, 2.45) is 0 Å². The summed E-state index contributed by atoms with van der Waals surface area (Å²) in [5.41, 5.74) is 1.07. The molecule has 0 amide bonds. The Kier molecular flexibility index (Phi) is 3.80. The highest BCUT2D eigenvalue weighted by Crippen LogP contribution is 2.24. The van der Waals surface area contributed by atoms with Crippen molar-refractivity contribution in [3.05, 3.63) is 106 Å². The fraction of sp³-hybridized carbons (Fsp3) is 0.0400. The van der Waals surface area contributed by atoms with E-state index >= 15 is 0 Å². The van der Waals surface area contributed by atoms with Gasteiger partial charge in [-0.3, -0.25) is 4.79 Å². The largest absolute Gasteiger partial charge is 0.422 e. The van der Waals surface area contributed by atoms with Crippen LogP contribution in [-0.2, 0) is 6.42 Å². The van der Waals surface area contributed by atoms with E-state index in [0.717, 1.165) is 26.9 Å². The molecule has 4 aromatic carbocycles. The van der Waals surface area contributed by atoms with Crippen LogP contribution in [0.25, 0.3) is 32.5 Å². The Bertz CT molecular complexity index is 1420. The molecule has 0 saturated carbocycles. The van der Waals surface area contributed by atoms with Crippen molar-refractivity contribution in [2.45, 2.75) is 6.42 Å². The molecule has 3 nitrogen and oxygen atoms in total. The van der Waals surface area contributed by atoms with Gasteiger partial charge in [0.25, 0.3) is 0 Å². The summed E-state index contributed by atoms with van der Waals surface area (Å²) in [6.45, 7) is 0. The lowest BCUT2D eigenvalue weighted by atomic mass is 9.97. The summed E-state index contributed by atoms with van der Waals surface area (Å²) < 4.78 is 5.52. The number of ketones is 1. The third-order valence-electron chi connectivity index (χ3n) is 5.11. The van der Waals surface area contributed by atoms with Crippen LogP contribution in [0.15, 0.2) is 94.1 Å². The van der Waals surface area contributed by atoms with E-state index < -0.39 is 5.63 Å². The summed E-state index contributed by atoms with van der Waals surface area (Å²) in [7, 11) is 0. The third kappa shape index (κ3) is 2.78. The zero-order valence-electron chi connectivity index (χ0n) is 15.0. The lowest BCUT2D eigenvalue weighted by Crippen LogP contribution is -2.13. The van der Waals surface area contributed by atoms with Crippen molar-refractivity contribution in [1.29, 1.82) is 0 Å². The molecule has 0 bridgehead atoms. The summed E-state index contributed by atoms with van der Waals surface area (Å²) in [6.07, 6.45) is 0.0130. The molecule has 5 aromatic rings. The summed E-state index contributed by atoms with van der Waals surface area (Å²) in [5, 5.41) is 4.79. The van der Waals surface area contributed by atoms with E-state index in [0.29, 0.717) is 16.7 Å². The van der Waals surface area contributed by atoms with Crippen LogP contribution in [0.4, 0.5) is 0 Å². The quantitative estimate of drug-likeness (QED) is 0.240. The molecular formula is C25H16O3. The van der Waals surface area contributed by atoms with Gasteiger partial charge in [0.15, 0.2) is 5.78 Å². The summed E-state index contributed by atoms with van der Waals surface area (Å²) in [4.78, 5) is 25.4. The van der Waals surface area contributed by atoms with Crippen molar-refractivity contribution >= 4 is 38.3 Å². The van der Waals surface area contributed by atoms with Crippen LogP contribution in [0.1, 0.15) is 15.9 Å². The molecule has 28 heavy (non-hydrogen) atoms. The van der Waals surface area contributed by atoms with Gasteiger partial charge in [-0.05, 0) is 39.7 Å². The van der Waals surface area contributed by atoms with Gasteiger partial charge in [-0.1, -0.05) is 66.7 Å². The first kappa shape index (κ1) is 16.5. The molecule has 0 radical (unpaired) electrons. The standard InChI is InChI=1S/C25H16O3/c26-23(22-11-5-9-16-6-3-4-10-21(16)22)14-20-13-19-12-17-7-1-2-8-18(17)15-24(19)28-25(20)27/h1-13,15H,14H2. The maximum Gasteiger partial charge on any atom is 0.339 e. The minimum atomic E-state index is -0.462. The number of fused-ring (bicyclic) bond motifs is 3. The number of benzene rings is 4. The van der Waals surface area contributed by atoms with Gasteiger partial charge >= 0.3 is 5.63 Å². The molecule has 134 valence electrons. The molecule has 0 unspecified atom stereocenters. The van der Waals surface area contributed by atoms with Crippen molar-refractivity contribution in [2.75, 3.05) is 0 Å². The molecule has 0 atom stereocenters. The molecule has 0 saturated heterocycles. The van der Waals surface area contributed by atoms with Crippen molar-refractivity contribution in [1.82, 2.24) is 0 Å². The third-order valence-corrected chi connectivity index (χ3v) is 5.11. The van der Waals surface area contributed by atoms with Crippen LogP contribution in [0, 0.1) is 0 Å². The van der Waals surface area contributed by atoms with Crippen LogP contribution in [0.3, 0.4) is 0 Å². The van der Waals surface area contributed by atoms with Crippen molar-refractivity contribution in [3.8, 4) is 0 Å². The predicted octanol–water partition coefficient (Wildman–Crippen LogP) is 5.52. The molecule has 3 heteroatoms. The van der Waals surface area contributed by atoms with E-state index in [2.05, 4.69) is 0 Å². The Morgan fingerprint density at radius 1 is 0.714 bits per heavy atom. The first-order chi connectivity index (χ1) is 13.7. The van der Waals surface area contributed by atoms with Crippen LogP contribution < -0.4 is 5.63 Å². The van der Waals surface area contributed by atoms with E-state index in [1.807, 2.05) is 72.8 Å². The zero-order chi connectivity index (χ0) is 19.1. The van der Waals surface area contributed by atoms with E-state index in [-0.39, 0.29) is 12.2 Å². The first-order valence-corrected chi connectivity index (χ1v) is 9.15. The molecule has 1 aromatic heterocycles. The fourth-order valence-electron chi connectivity index (χ4n) is 3.71. The summed E-state index contributed by atoms with van der Waals surface area (Å²) in [5.74, 6) is -0.0933. The monoisotopic (exact) mass is 364 g/mol. The van der Waals surface area contributed by atoms with E-state index in [9.17, 15) is 9.59 Å². The highest BCUT2D eigenvalue weighted by molar-refractivity contribution is 6.09. The highest BCUT2D eigenvalue weighted by atomic mass is 16.4. The van der Waals surface area contributed by atoms with E-state index in [1.54, 1.807) is 12.1 Å². The van der Waals surface area contributed by atoms with Gasteiger partial charge in [-0.25, -0.2) is 4.79 Å². The fourth-order valence-corrected chi connectivity index (χ4v) is 3.71. The number of Topliss-reactive ketones (excluding diaryl/α,β-unsaturated/α-hetero) is 1.